The van der Waals surface area contributed by atoms with Crippen LogP contribution in [0.25, 0.3) is 0 Å². The maximum Gasteiger partial charge on any atom is 0.234 e. The number of hydrogen-bond donors (Lipinski definition) is 2. The smallest absolute Gasteiger partial charge is 0.234 e. The minimum atomic E-state index is -0.971. The Labute approximate surface area is 138 Å². The summed E-state index contributed by atoms with van der Waals surface area (Å²) < 4.78 is 28.9. The molecule has 1 atom stereocenters. The van der Waals surface area contributed by atoms with Crippen molar-refractivity contribution >= 4 is 17.5 Å². The third-order valence-electron chi connectivity index (χ3n) is 4.55. The van der Waals surface area contributed by atoms with Gasteiger partial charge in [0.2, 0.25) is 11.8 Å². The van der Waals surface area contributed by atoms with E-state index >= 15 is 0 Å². The second kappa shape index (κ2) is 5.89. The fourth-order valence-electron chi connectivity index (χ4n) is 3.37. The van der Waals surface area contributed by atoms with Crippen LogP contribution in [0.3, 0.4) is 0 Å². The monoisotopic (exact) mass is 335 g/mol. The van der Waals surface area contributed by atoms with Gasteiger partial charge in [-0.25, -0.2) is 8.78 Å². The summed E-state index contributed by atoms with van der Waals surface area (Å²) >= 11 is 0. The van der Waals surface area contributed by atoms with Crippen LogP contribution >= 0.6 is 0 Å². The van der Waals surface area contributed by atoms with Gasteiger partial charge in [0.1, 0.15) is 11.6 Å². The number of carbonyl (C=O) groups is 2. The van der Waals surface area contributed by atoms with Crippen LogP contribution in [0.2, 0.25) is 0 Å². The van der Waals surface area contributed by atoms with Crippen molar-refractivity contribution in [1.82, 2.24) is 10.6 Å². The number of hydrogen-bond acceptors (Lipinski definition) is 4. The number of halogens is 2. The molecule has 2 amide bonds. The molecular formula is C17H19F2N3O2. The van der Waals surface area contributed by atoms with Crippen LogP contribution in [0.1, 0.15) is 31.2 Å². The maximum atomic E-state index is 14.5. The van der Waals surface area contributed by atoms with Crippen LogP contribution in [0.15, 0.2) is 24.9 Å². The van der Waals surface area contributed by atoms with Gasteiger partial charge in [-0.2, -0.15) is 0 Å². The molecule has 2 fully saturated rings. The lowest BCUT2D eigenvalue weighted by Gasteiger charge is -2.49. The minimum Gasteiger partial charge on any atom is -0.383 e. The molecule has 5 nitrogen and oxygen atoms in total. The molecule has 2 N–H and O–H groups in total. The second-order valence-electron chi connectivity index (χ2n) is 6.59. The third kappa shape index (κ3) is 2.86. The van der Waals surface area contributed by atoms with Gasteiger partial charge < -0.3 is 10.2 Å². The Morgan fingerprint density at radius 3 is 2.50 bits per heavy atom. The number of imide groups is 1. The summed E-state index contributed by atoms with van der Waals surface area (Å²) in [5.41, 5.74) is -0.00240. The lowest BCUT2D eigenvalue weighted by atomic mass is 9.88. The summed E-state index contributed by atoms with van der Waals surface area (Å²) in [7, 11) is 0. The highest BCUT2D eigenvalue weighted by molar-refractivity contribution is 6.01. The van der Waals surface area contributed by atoms with Gasteiger partial charge >= 0.3 is 0 Å². The predicted molar refractivity (Wildman–Crippen MR) is 85.4 cm³/mol. The largest absolute Gasteiger partial charge is 0.383 e. The summed E-state index contributed by atoms with van der Waals surface area (Å²) in [6.45, 7) is 6.80. The van der Waals surface area contributed by atoms with Gasteiger partial charge in [-0.05, 0) is 31.7 Å². The predicted octanol–water partition coefficient (Wildman–Crippen LogP) is 1.80. The number of nitrogens with one attached hydrogen (secondary N) is 2. The van der Waals surface area contributed by atoms with Crippen molar-refractivity contribution in [2.45, 2.75) is 31.2 Å². The van der Waals surface area contributed by atoms with Gasteiger partial charge in [0.05, 0.1) is 11.5 Å². The second-order valence-corrected chi connectivity index (χ2v) is 6.59. The van der Waals surface area contributed by atoms with Crippen molar-refractivity contribution in [2.75, 3.05) is 18.0 Å². The highest BCUT2D eigenvalue weighted by atomic mass is 19.1. The molecule has 2 heterocycles. The fourth-order valence-corrected chi connectivity index (χ4v) is 3.37. The van der Waals surface area contributed by atoms with Crippen molar-refractivity contribution in [3.8, 4) is 0 Å². The number of rotatable bonds is 4. The molecule has 1 unspecified atom stereocenters. The number of anilines is 1. The Balaban J connectivity index is 1.81. The zero-order chi connectivity index (χ0) is 17.5. The molecule has 1 aromatic carbocycles. The lowest BCUT2D eigenvalue weighted by molar-refractivity contribution is -0.134. The SMILES string of the molecule is C=CNC1(C)CN(c2cc(F)c(C3CCC(=O)NC3=O)c(F)c2)C1. The Hall–Kier alpha value is -2.44. The van der Waals surface area contributed by atoms with Gasteiger partial charge in [0.15, 0.2) is 0 Å². The fraction of sp³-hybridized carbons (Fsp3) is 0.412. The zero-order valence-electron chi connectivity index (χ0n) is 13.4. The number of nitrogens with zero attached hydrogens (tertiary/aromatic N) is 1. The van der Waals surface area contributed by atoms with Crippen molar-refractivity contribution in [3.63, 3.8) is 0 Å². The van der Waals surface area contributed by atoms with Gasteiger partial charge in [0, 0.05) is 30.8 Å². The van der Waals surface area contributed by atoms with E-state index in [0.29, 0.717) is 18.8 Å². The van der Waals surface area contributed by atoms with E-state index in [1.165, 1.54) is 12.1 Å². The molecule has 128 valence electrons. The molecule has 2 aliphatic heterocycles. The molecule has 24 heavy (non-hydrogen) atoms. The van der Waals surface area contributed by atoms with Crippen molar-refractivity contribution < 1.29 is 18.4 Å². The summed E-state index contributed by atoms with van der Waals surface area (Å²) in [5.74, 6) is -3.55. The molecule has 1 aromatic rings. The topological polar surface area (TPSA) is 61.4 Å². The van der Waals surface area contributed by atoms with Gasteiger partial charge in [-0.15, -0.1) is 0 Å². The van der Waals surface area contributed by atoms with Gasteiger partial charge in [-0.1, -0.05) is 6.58 Å². The Bertz CT molecular complexity index is 691. The molecule has 0 saturated carbocycles. The van der Waals surface area contributed by atoms with Crippen LogP contribution < -0.4 is 15.5 Å². The van der Waals surface area contributed by atoms with Crippen LogP contribution in [0.4, 0.5) is 14.5 Å². The summed E-state index contributed by atoms with van der Waals surface area (Å²) in [6.07, 6.45) is 1.79. The number of benzene rings is 1. The van der Waals surface area contributed by atoms with Crippen molar-refractivity contribution in [3.05, 3.63) is 42.1 Å². The first kappa shape index (κ1) is 16.4. The van der Waals surface area contributed by atoms with E-state index in [2.05, 4.69) is 17.2 Å². The average Bonchev–Trinajstić information content (AvgIpc) is 2.46. The van der Waals surface area contributed by atoms with Crippen LogP contribution in [-0.2, 0) is 9.59 Å². The summed E-state index contributed by atoms with van der Waals surface area (Å²) in [6, 6.07) is 2.49. The van der Waals surface area contributed by atoms with E-state index in [9.17, 15) is 18.4 Å². The van der Waals surface area contributed by atoms with Gasteiger partial charge in [-0.3, -0.25) is 14.9 Å². The number of amides is 2. The first-order valence-electron chi connectivity index (χ1n) is 7.79. The Kier molecular flexibility index (Phi) is 4.03. The highest BCUT2D eigenvalue weighted by Gasteiger charge is 2.39. The van der Waals surface area contributed by atoms with Crippen LogP contribution in [0.5, 0.6) is 0 Å². The van der Waals surface area contributed by atoms with Crippen LogP contribution in [-0.4, -0.2) is 30.4 Å². The molecule has 2 saturated heterocycles. The molecular weight excluding hydrogens is 316 g/mol. The Morgan fingerprint density at radius 1 is 1.33 bits per heavy atom. The van der Waals surface area contributed by atoms with E-state index in [4.69, 9.17) is 0 Å². The van der Waals surface area contributed by atoms with E-state index in [1.807, 2.05) is 11.8 Å². The maximum absolute atomic E-state index is 14.5. The molecule has 0 bridgehead atoms. The lowest BCUT2D eigenvalue weighted by Crippen LogP contribution is -2.66. The molecule has 0 radical (unpaired) electrons. The molecule has 7 heteroatoms. The van der Waals surface area contributed by atoms with E-state index in [0.717, 1.165) is 0 Å². The van der Waals surface area contributed by atoms with E-state index < -0.39 is 29.4 Å². The minimum absolute atomic E-state index is 0.0781. The standard InChI is InChI=1S/C17H19F2N3O2/c1-3-20-17(2)8-22(9-17)10-6-12(18)15(13(19)7-10)11-4-5-14(23)21-16(11)24/h3,6-7,11,20H,1,4-5,8-9H2,2H3,(H,21,23,24). The van der Waals surface area contributed by atoms with Gasteiger partial charge in [0.25, 0.3) is 0 Å². The normalized spacial score (nSPS) is 22.6. The quantitative estimate of drug-likeness (QED) is 0.824. The average molecular weight is 335 g/mol. The zero-order valence-corrected chi connectivity index (χ0v) is 13.4. The molecule has 3 rings (SSSR count). The number of carbonyl (C=O) groups excluding carboxylic acids is 2. The van der Waals surface area contributed by atoms with Crippen molar-refractivity contribution in [1.29, 1.82) is 0 Å². The number of piperidine rings is 1. The molecule has 0 aromatic heterocycles. The summed E-state index contributed by atoms with van der Waals surface area (Å²) in [4.78, 5) is 24.9. The Morgan fingerprint density at radius 2 is 1.96 bits per heavy atom. The molecule has 2 aliphatic rings. The van der Waals surface area contributed by atoms with E-state index in [1.54, 1.807) is 6.20 Å². The third-order valence-corrected chi connectivity index (χ3v) is 4.55. The molecule has 0 spiro atoms. The summed E-state index contributed by atoms with van der Waals surface area (Å²) in [5, 5.41) is 5.24. The first-order chi connectivity index (χ1) is 11.3. The van der Waals surface area contributed by atoms with E-state index in [-0.39, 0.29) is 23.9 Å². The first-order valence-corrected chi connectivity index (χ1v) is 7.79. The molecule has 0 aliphatic carbocycles. The van der Waals surface area contributed by atoms with Crippen molar-refractivity contribution in [2.24, 2.45) is 0 Å². The van der Waals surface area contributed by atoms with Crippen LogP contribution in [0, 0.1) is 11.6 Å². The highest BCUT2D eigenvalue weighted by Crippen LogP contribution is 2.34.